The third-order valence-electron chi connectivity index (χ3n) is 4.04. The Balaban J connectivity index is 3.20. The standard InChI is InChI=1S/C19H34O2Si2/c1-9-11-15-19(17(13-10-2)20-22(3,4)5)16-12-14-18(19)21-23(6,7)8/h1,10,14,17H,2,11-13,15-16H2,3-8H3/t17-,19-/m0/s1. The van der Waals surface area contributed by atoms with Crippen molar-refractivity contribution < 1.29 is 8.85 Å². The SMILES string of the molecule is C#CCC[C@@]1([C@H](CC=C)O[Si](C)(C)C)CCC=C1O[Si](C)(C)C. The molecule has 0 bridgehead atoms. The summed E-state index contributed by atoms with van der Waals surface area (Å²) >= 11 is 0. The van der Waals surface area contributed by atoms with Crippen LogP contribution in [-0.2, 0) is 8.85 Å². The lowest BCUT2D eigenvalue weighted by Crippen LogP contribution is -2.45. The number of allylic oxidation sites excluding steroid dienone is 1. The molecule has 0 aromatic rings. The quantitative estimate of drug-likeness (QED) is 0.301. The van der Waals surface area contributed by atoms with Crippen LogP contribution in [0.1, 0.15) is 32.1 Å². The molecular formula is C19H34O2Si2. The van der Waals surface area contributed by atoms with Crippen LogP contribution in [0.3, 0.4) is 0 Å². The summed E-state index contributed by atoms with van der Waals surface area (Å²) in [4.78, 5) is 0. The highest BCUT2D eigenvalue weighted by molar-refractivity contribution is 6.70. The second kappa shape index (κ2) is 7.87. The van der Waals surface area contributed by atoms with Crippen molar-refractivity contribution in [2.75, 3.05) is 0 Å². The molecule has 1 rings (SSSR count). The van der Waals surface area contributed by atoms with Crippen molar-refractivity contribution in [2.24, 2.45) is 5.41 Å². The average molecular weight is 351 g/mol. The Morgan fingerprint density at radius 2 is 1.96 bits per heavy atom. The van der Waals surface area contributed by atoms with Crippen LogP contribution in [-0.4, -0.2) is 22.7 Å². The fourth-order valence-corrected chi connectivity index (χ4v) is 5.37. The lowest BCUT2D eigenvalue weighted by Gasteiger charge is -2.43. The van der Waals surface area contributed by atoms with Gasteiger partial charge in [0.2, 0.25) is 8.32 Å². The third-order valence-corrected chi connectivity index (χ3v) is 5.86. The van der Waals surface area contributed by atoms with Crippen molar-refractivity contribution in [3.05, 3.63) is 24.5 Å². The minimum atomic E-state index is -1.67. The summed E-state index contributed by atoms with van der Waals surface area (Å²) in [6.45, 7) is 17.4. The molecule has 1 aliphatic rings. The first-order valence-electron chi connectivity index (χ1n) is 8.66. The lowest BCUT2D eigenvalue weighted by atomic mass is 9.75. The van der Waals surface area contributed by atoms with Gasteiger partial charge >= 0.3 is 0 Å². The first-order valence-corrected chi connectivity index (χ1v) is 15.5. The van der Waals surface area contributed by atoms with Crippen LogP contribution in [0.5, 0.6) is 0 Å². The van der Waals surface area contributed by atoms with Crippen LogP contribution >= 0.6 is 0 Å². The van der Waals surface area contributed by atoms with Gasteiger partial charge in [-0.15, -0.1) is 18.9 Å². The molecule has 0 saturated carbocycles. The average Bonchev–Trinajstić information content (AvgIpc) is 2.76. The molecule has 0 aromatic heterocycles. The highest BCUT2D eigenvalue weighted by atomic mass is 28.4. The summed E-state index contributed by atoms with van der Waals surface area (Å²) < 4.78 is 13.1. The van der Waals surface area contributed by atoms with Crippen molar-refractivity contribution in [2.45, 2.75) is 77.5 Å². The number of hydrogen-bond acceptors (Lipinski definition) is 2. The first kappa shape index (κ1) is 20.3. The van der Waals surface area contributed by atoms with Crippen molar-refractivity contribution in [3.8, 4) is 12.3 Å². The first-order chi connectivity index (χ1) is 10.5. The highest BCUT2D eigenvalue weighted by Crippen LogP contribution is 2.50. The maximum Gasteiger partial charge on any atom is 0.241 e. The van der Waals surface area contributed by atoms with Crippen molar-refractivity contribution in [1.29, 1.82) is 0 Å². The Bertz CT molecular complexity index is 477. The molecule has 1 aliphatic carbocycles. The van der Waals surface area contributed by atoms with E-state index in [2.05, 4.69) is 57.9 Å². The zero-order valence-electron chi connectivity index (χ0n) is 15.9. The Hall–Kier alpha value is -0.766. The molecule has 2 atom stereocenters. The van der Waals surface area contributed by atoms with E-state index in [1.54, 1.807) is 0 Å². The Labute approximate surface area is 145 Å². The van der Waals surface area contributed by atoms with Crippen LogP contribution in [0, 0.1) is 17.8 Å². The lowest BCUT2D eigenvalue weighted by molar-refractivity contribution is 0.0374. The Morgan fingerprint density at radius 1 is 1.30 bits per heavy atom. The van der Waals surface area contributed by atoms with E-state index in [0.717, 1.165) is 37.9 Å². The third kappa shape index (κ3) is 5.98. The molecule has 0 N–H and O–H groups in total. The summed E-state index contributed by atoms with van der Waals surface area (Å²) in [7, 11) is -3.34. The van der Waals surface area contributed by atoms with Gasteiger partial charge in [-0.05, 0) is 71.0 Å². The van der Waals surface area contributed by atoms with Gasteiger partial charge in [0.05, 0.1) is 17.3 Å². The number of hydrogen-bond donors (Lipinski definition) is 0. The van der Waals surface area contributed by atoms with Gasteiger partial charge < -0.3 is 8.85 Å². The predicted octanol–water partition coefficient (Wildman–Crippen LogP) is 5.71. The maximum absolute atomic E-state index is 6.60. The van der Waals surface area contributed by atoms with Crippen LogP contribution in [0.4, 0.5) is 0 Å². The zero-order chi connectivity index (χ0) is 17.7. The predicted molar refractivity (Wildman–Crippen MR) is 105 cm³/mol. The van der Waals surface area contributed by atoms with Gasteiger partial charge in [0, 0.05) is 6.42 Å². The molecule has 0 aliphatic heterocycles. The fraction of sp³-hybridized carbons (Fsp3) is 0.684. The van der Waals surface area contributed by atoms with Gasteiger partial charge in [0.25, 0.3) is 0 Å². The molecule has 4 heteroatoms. The highest BCUT2D eigenvalue weighted by Gasteiger charge is 2.47. The molecule has 23 heavy (non-hydrogen) atoms. The number of rotatable bonds is 9. The van der Waals surface area contributed by atoms with E-state index in [1.165, 1.54) is 0 Å². The van der Waals surface area contributed by atoms with Crippen LogP contribution in [0.15, 0.2) is 24.5 Å². The number of terminal acetylenes is 1. The molecule has 2 nitrogen and oxygen atoms in total. The van der Waals surface area contributed by atoms with E-state index in [4.69, 9.17) is 15.3 Å². The topological polar surface area (TPSA) is 18.5 Å². The van der Waals surface area contributed by atoms with Gasteiger partial charge in [-0.3, -0.25) is 0 Å². The summed E-state index contributed by atoms with van der Waals surface area (Å²) in [5, 5.41) is 0. The second-order valence-electron chi connectivity index (χ2n) is 8.42. The fourth-order valence-electron chi connectivity index (χ4n) is 3.25. The van der Waals surface area contributed by atoms with Gasteiger partial charge in [0.15, 0.2) is 8.32 Å². The molecule has 0 fully saturated rings. The summed E-state index contributed by atoms with van der Waals surface area (Å²) in [6, 6.07) is 0. The van der Waals surface area contributed by atoms with Gasteiger partial charge in [-0.1, -0.05) is 6.08 Å². The monoisotopic (exact) mass is 350 g/mol. The molecule has 0 amide bonds. The molecule has 0 heterocycles. The molecule has 0 radical (unpaired) electrons. The van der Waals surface area contributed by atoms with Crippen molar-refractivity contribution >= 4 is 16.6 Å². The van der Waals surface area contributed by atoms with E-state index < -0.39 is 16.6 Å². The second-order valence-corrected chi connectivity index (χ2v) is 17.3. The van der Waals surface area contributed by atoms with E-state index in [0.29, 0.717) is 0 Å². The molecule has 0 spiro atoms. The molecule has 0 aromatic carbocycles. The van der Waals surface area contributed by atoms with Crippen LogP contribution < -0.4 is 0 Å². The summed E-state index contributed by atoms with van der Waals surface area (Å²) in [5.74, 6) is 3.96. The van der Waals surface area contributed by atoms with E-state index in [-0.39, 0.29) is 11.5 Å². The van der Waals surface area contributed by atoms with Crippen molar-refractivity contribution in [3.63, 3.8) is 0 Å². The van der Waals surface area contributed by atoms with Crippen molar-refractivity contribution in [1.82, 2.24) is 0 Å². The van der Waals surface area contributed by atoms with Gasteiger partial charge in [-0.25, -0.2) is 0 Å². The normalized spacial score (nSPS) is 23.1. The molecular weight excluding hydrogens is 316 g/mol. The summed E-state index contributed by atoms with van der Waals surface area (Å²) in [5.41, 5.74) is -0.0822. The Kier molecular flexibility index (Phi) is 6.94. The minimum absolute atomic E-state index is 0.0822. The summed E-state index contributed by atoms with van der Waals surface area (Å²) in [6.07, 6.45) is 14.6. The molecule has 0 saturated heterocycles. The molecule has 0 unspecified atom stereocenters. The Morgan fingerprint density at radius 3 is 2.43 bits per heavy atom. The zero-order valence-corrected chi connectivity index (χ0v) is 17.9. The largest absolute Gasteiger partial charge is 0.547 e. The van der Waals surface area contributed by atoms with Crippen LogP contribution in [0.25, 0.3) is 0 Å². The smallest absolute Gasteiger partial charge is 0.241 e. The minimum Gasteiger partial charge on any atom is -0.547 e. The van der Waals surface area contributed by atoms with E-state index in [1.807, 2.05) is 6.08 Å². The molecule has 130 valence electrons. The van der Waals surface area contributed by atoms with E-state index >= 15 is 0 Å². The van der Waals surface area contributed by atoms with Gasteiger partial charge in [0.1, 0.15) is 0 Å². The maximum atomic E-state index is 6.60. The van der Waals surface area contributed by atoms with E-state index in [9.17, 15) is 0 Å². The van der Waals surface area contributed by atoms with Gasteiger partial charge in [-0.2, -0.15) is 0 Å². The van der Waals surface area contributed by atoms with Crippen LogP contribution in [0.2, 0.25) is 39.3 Å².